The van der Waals surface area contributed by atoms with Crippen LogP contribution in [0.15, 0.2) is 55.1 Å². The Morgan fingerprint density at radius 3 is 2.79 bits per heavy atom. The molecule has 0 aliphatic rings. The zero-order valence-electron chi connectivity index (χ0n) is 10.9. The van der Waals surface area contributed by atoms with Crippen LogP contribution in [0.3, 0.4) is 0 Å². The van der Waals surface area contributed by atoms with E-state index in [1.54, 1.807) is 11.3 Å². The number of para-hydroxylation sites is 1. The van der Waals surface area contributed by atoms with Crippen molar-refractivity contribution in [2.24, 2.45) is 0 Å². The van der Waals surface area contributed by atoms with Crippen LogP contribution in [0.5, 0.6) is 0 Å². The third kappa shape index (κ3) is 2.20. The molecule has 0 bridgehead atoms. The molecule has 19 heavy (non-hydrogen) atoms. The Morgan fingerprint density at radius 2 is 2.00 bits per heavy atom. The van der Waals surface area contributed by atoms with Crippen molar-refractivity contribution in [3.63, 3.8) is 0 Å². The summed E-state index contributed by atoms with van der Waals surface area (Å²) in [4.78, 5) is 4.75. The lowest BCUT2D eigenvalue weighted by molar-refractivity contribution is 1.22. The van der Waals surface area contributed by atoms with Gasteiger partial charge in [-0.1, -0.05) is 36.4 Å². The molecule has 0 saturated heterocycles. The third-order valence-electron chi connectivity index (χ3n) is 3.28. The standard InChI is InChI=1S/C17H15NS/c1-3-7-13-12(2)8-6-9-14(13)17-18-15-10-4-5-11-16(15)19-17/h3-6,8-11H,1,7H2,2H3. The molecule has 0 fully saturated rings. The maximum atomic E-state index is 4.75. The van der Waals surface area contributed by atoms with Crippen LogP contribution in [0.1, 0.15) is 11.1 Å². The van der Waals surface area contributed by atoms with Gasteiger partial charge in [0, 0.05) is 5.56 Å². The van der Waals surface area contributed by atoms with E-state index >= 15 is 0 Å². The smallest absolute Gasteiger partial charge is 0.124 e. The Labute approximate surface area is 117 Å². The molecule has 0 unspecified atom stereocenters. The highest BCUT2D eigenvalue weighted by molar-refractivity contribution is 7.21. The SMILES string of the molecule is C=CCc1c(C)cccc1-c1nc2ccccc2s1. The Hall–Kier alpha value is -1.93. The summed E-state index contributed by atoms with van der Waals surface area (Å²) in [7, 11) is 0. The highest BCUT2D eigenvalue weighted by Crippen LogP contribution is 2.33. The van der Waals surface area contributed by atoms with Crippen LogP contribution in [0.4, 0.5) is 0 Å². The van der Waals surface area contributed by atoms with E-state index in [0.717, 1.165) is 16.9 Å². The van der Waals surface area contributed by atoms with Gasteiger partial charge in [-0.15, -0.1) is 17.9 Å². The second-order valence-corrected chi connectivity index (χ2v) is 5.61. The van der Waals surface area contributed by atoms with Crippen molar-refractivity contribution in [2.45, 2.75) is 13.3 Å². The molecule has 0 radical (unpaired) electrons. The van der Waals surface area contributed by atoms with E-state index in [4.69, 9.17) is 4.98 Å². The number of thiazole rings is 1. The normalized spacial score (nSPS) is 10.8. The molecule has 2 heteroatoms. The van der Waals surface area contributed by atoms with E-state index in [0.29, 0.717) is 0 Å². The zero-order valence-corrected chi connectivity index (χ0v) is 11.7. The van der Waals surface area contributed by atoms with E-state index in [1.165, 1.54) is 21.4 Å². The van der Waals surface area contributed by atoms with Crippen molar-refractivity contribution >= 4 is 21.6 Å². The summed E-state index contributed by atoms with van der Waals surface area (Å²) in [6, 6.07) is 14.7. The van der Waals surface area contributed by atoms with Gasteiger partial charge >= 0.3 is 0 Å². The monoisotopic (exact) mass is 265 g/mol. The van der Waals surface area contributed by atoms with Crippen LogP contribution in [-0.2, 0) is 6.42 Å². The predicted molar refractivity (Wildman–Crippen MR) is 83.7 cm³/mol. The summed E-state index contributed by atoms with van der Waals surface area (Å²) >= 11 is 1.75. The van der Waals surface area contributed by atoms with Gasteiger partial charge in [0.25, 0.3) is 0 Å². The molecule has 0 aliphatic carbocycles. The van der Waals surface area contributed by atoms with Crippen LogP contribution in [0.2, 0.25) is 0 Å². The number of allylic oxidation sites excluding steroid dienone is 1. The van der Waals surface area contributed by atoms with Gasteiger partial charge < -0.3 is 0 Å². The van der Waals surface area contributed by atoms with E-state index in [1.807, 2.05) is 12.1 Å². The molecule has 0 spiro atoms. The molecular formula is C17H15NS. The van der Waals surface area contributed by atoms with Gasteiger partial charge in [0.2, 0.25) is 0 Å². The maximum absolute atomic E-state index is 4.75. The minimum atomic E-state index is 0.887. The Morgan fingerprint density at radius 1 is 1.16 bits per heavy atom. The second kappa shape index (κ2) is 4.98. The molecule has 0 amide bonds. The average Bonchev–Trinajstić information content (AvgIpc) is 2.85. The number of hydrogen-bond donors (Lipinski definition) is 0. The Bertz CT molecular complexity index is 707. The van der Waals surface area contributed by atoms with Crippen LogP contribution in [-0.4, -0.2) is 4.98 Å². The van der Waals surface area contributed by atoms with Gasteiger partial charge in [-0.05, 0) is 36.6 Å². The number of aromatic nitrogens is 1. The predicted octanol–water partition coefficient (Wildman–Crippen LogP) is 5.00. The van der Waals surface area contributed by atoms with Gasteiger partial charge in [0.1, 0.15) is 5.01 Å². The molecule has 3 rings (SSSR count). The largest absolute Gasteiger partial charge is 0.236 e. The number of hydrogen-bond acceptors (Lipinski definition) is 2. The van der Waals surface area contributed by atoms with Gasteiger partial charge in [0.15, 0.2) is 0 Å². The second-order valence-electron chi connectivity index (χ2n) is 4.58. The number of aryl methyl sites for hydroxylation is 1. The molecule has 0 N–H and O–H groups in total. The molecule has 1 nitrogen and oxygen atoms in total. The fraction of sp³-hybridized carbons (Fsp3) is 0.118. The highest BCUT2D eigenvalue weighted by atomic mass is 32.1. The first-order chi connectivity index (χ1) is 9.29. The lowest BCUT2D eigenvalue weighted by Gasteiger charge is -2.08. The summed E-state index contributed by atoms with van der Waals surface area (Å²) in [6.45, 7) is 6.01. The first-order valence-electron chi connectivity index (χ1n) is 6.35. The number of rotatable bonds is 3. The van der Waals surface area contributed by atoms with E-state index < -0.39 is 0 Å². The van der Waals surface area contributed by atoms with Gasteiger partial charge in [-0.2, -0.15) is 0 Å². The van der Waals surface area contributed by atoms with E-state index in [-0.39, 0.29) is 0 Å². The van der Waals surface area contributed by atoms with Crippen LogP contribution < -0.4 is 0 Å². The fourth-order valence-electron chi connectivity index (χ4n) is 2.31. The van der Waals surface area contributed by atoms with Crippen molar-refractivity contribution in [1.82, 2.24) is 4.98 Å². The van der Waals surface area contributed by atoms with Gasteiger partial charge in [-0.25, -0.2) is 4.98 Å². The van der Waals surface area contributed by atoms with Crippen molar-refractivity contribution in [2.75, 3.05) is 0 Å². The molecule has 94 valence electrons. The molecule has 1 aromatic heterocycles. The van der Waals surface area contributed by atoms with Crippen LogP contribution in [0.25, 0.3) is 20.8 Å². The Kier molecular flexibility index (Phi) is 3.18. The molecule has 0 aliphatic heterocycles. The lowest BCUT2D eigenvalue weighted by Crippen LogP contribution is -1.91. The van der Waals surface area contributed by atoms with Crippen LogP contribution in [0, 0.1) is 6.92 Å². The van der Waals surface area contributed by atoms with Crippen molar-refractivity contribution < 1.29 is 0 Å². The highest BCUT2D eigenvalue weighted by Gasteiger charge is 2.11. The van der Waals surface area contributed by atoms with E-state index in [9.17, 15) is 0 Å². The molecule has 1 heterocycles. The summed E-state index contributed by atoms with van der Waals surface area (Å²) in [6.07, 6.45) is 2.84. The topological polar surface area (TPSA) is 12.9 Å². The average molecular weight is 265 g/mol. The fourth-order valence-corrected chi connectivity index (χ4v) is 3.32. The van der Waals surface area contributed by atoms with Crippen LogP contribution >= 0.6 is 11.3 Å². The maximum Gasteiger partial charge on any atom is 0.124 e. The lowest BCUT2D eigenvalue weighted by atomic mass is 9.99. The zero-order chi connectivity index (χ0) is 13.2. The summed E-state index contributed by atoms with van der Waals surface area (Å²) in [5, 5.41) is 1.10. The molecule has 3 aromatic rings. The van der Waals surface area contributed by atoms with Gasteiger partial charge in [0.05, 0.1) is 10.2 Å². The Balaban J connectivity index is 2.20. The quantitative estimate of drug-likeness (QED) is 0.607. The first-order valence-corrected chi connectivity index (χ1v) is 7.16. The number of benzene rings is 2. The summed E-state index contributed by atoms with van der Waals surface area (Å²) in [5.41, 5.74) is 4.95. The van der Waals surface area contributed by atoms with Crippen molar-refractivity contribution in [1.29, 1.82) is 0 Å². The van der Waals surface area contributed by atoms with Gasteiger partial charge in [-0.3, -0.25) is 0 Å². The molecule has 0 atom stereocenters. The van der Waals surface area contributed by atoms with Crippen molar-refractivity contribution in [3.05, 3.63) is 66.2 Å². The minimum absolute atomic E-state index is 0.887. The van der Waals surface area contributed by atoms with E-state index in [2.05, 4.69) is 49.9 Å². The first kappa shape index (κ1) is 12.1. The summed E-state index contributed by atoms with van der Waals surface area (Å²) < 4.78 is 1.24. The molecule has 0 saturated carbocycles. The van der Waals surface area contributed by atoms with Crippen molar-refractivity contribution in [3.8, 4) is 10.6 Å². The molecular weight excluding hydrogens is 250 g/mol. The summed E-state index contributed by atoms with van der Waals surface area (Å²) in [5.74, 6) is 0. The minimum Gasteiger partial charge on any atom is -0.236 e. The number of nitrogens with zero attached hydrogens (tertiary/aromatic N) is 1. The molecule has 2 aromatic carbocycles. The third-order valence-corrected chi connectivity index (χ3v) is 4.35. The number of fused-ring (bicyclic) bond motifs is 1.